The molecule has 0 bridgehead atoms. The Morgan fingerprint density at radius 2 is 2.03 bits per heavy atom. The molecule has 0 saturated carbocycles. The number of β-lactam (4-membered cyclic amide) rings is 1. The van der Waals surface area contributed by atoms with Gasteiger partial charge in [0.1, 0.15) is 17.1 Å². The number of amides is 2. The van der Waals surface area contributed by atoms with Crippen molar-refractivity contribution in [3.63, 3.8) is 0 Å². The van der Waals surface area contributed by atoms with Gasteiger partial charge in [-0.3, -0.25) is 14.5 Å². The van der Waals surface area contributed by atoms with Crippen LogP contribution in [0.5, 0.6) is 0 Å². The van der Waals surface area contributed by atoms with Crippen LogP contribution in [0.2, 0.25) is 0 Å². The van der Waals surface area contributed by atoms with Crippen LogP contribution in [0.4, 0.5) is 5.13 Å². The maximum Gasteiger partial charge on any atom is 0.352 e. The Kier molecular flexibility index (Phi) is 6.92. The lowest BCUT2D eigenvalue weighted by Crippen LogP contribution is -2.71. The topological polar surface area (TPSA) is 201 Å². The number of pyridine rings is 1. The largest absolute Gasteiger partial charge is 0.479 e. The van der Waals surface area contributed by atoms with E-state index in [0.29, 0.717) is 11.3 Å². The molecule has 1 unspecified atom stereocenters. The first-order chi connectivity index (χ1) is 16.8. The van der Waals surface area contributed by atoms with E-state index in [1.807, 2.05) is 18.2 Å². The molecule has 2 aliphatic heterocycles. The maximum absolute atomic E-state index is 12.9. The number of hydrogen-bond acceptors (Lipinski definition) is 11. The van der Waals surface area contributed by atoms with Gasteiger partial charge in [-0.2, -0.15) is 9.36 Å². The number of carboxylic acid groups (broad SMARTS) is 2. The van der Waals surface area contributed by atoms with Crippen LogP contribution < -0.4 is 15.6 Å². The molecule has 4 rings (SSSR count). The molecule has 16 heteroatoms. The molecule has 5 N–H and O–H groups in total. The van der Waals surface area contributed by atoms with E-state index < -0.39 is 47.5 Å². The van der Waals surface area contributed by atoms with E-state index in [2.05, 4.69) is 24.7 Å². The van der Waals surface area contributed by atoms with Crippen LogP contribution in [-0.2, 0) is 30.6 Å². The number of rotatable bonds is 9. The number of aromatic nitrogens is 3. The van der Waals surface area contributed by atoms with Gasteiger partial charge in [0.15, 0.2) is 24.1 Å². The second kappa shape index (κ2) is 10.1. The molecule has 2 aromatic rings. The number of carbonyl (C=O) groups excluding carboxylic acids is 2. The predicted octanol–water partition coefficient (Wildman–Crippen LogP) is -1.35. The smallest absolute Gasteiger partial charge is 0.352 e. The molecule has 0 aliphatic carbocycles. The Morgan fingerprint density at radius 3 is 2.66 bits per heavy atom. The molecule has 14 nitrogen and oxygen atoms in total. The van der Waals surface area contributed by atoms with E-state index in [4.69, 9.17) is 10.8 Å². The summed E-state index contributed by atoms with van der Waals surface area (Å²) >= 11 is 2.09. The number of carboxylic acids is 2. The number of aliphatic carboxylic acids is 2. The van der Waals surface area contributed by atoms with Gasteiger partial charge in [0, 0.05) is 35.0 Å². The van der Waals surface area contributed by atoms with E-state index in [1.165, 1.54) is 11.8 Å². The van der Waals surface area contributed by atoms with Crippen molar-refractivity contribution in [2.45, 2.75) is 18.0 Å². The third kappa shape index (κ3) is 5.07. The summed E-state index contributed by atoms with van der Waals surface area (Å²) in [4.78, 5) is 58.1. The molecule has 2 amide bonds. The monoisotopic (exact) mass is 520 g/mol. The summed E-state index contributed by atoms with van der Waals surface area (Å²) < 4.78 is 5.67. The number of fused-ring (bicyclic) bond motifs is 1. The van der Waals surface area contributed by atoms with Crippen LogP contribution >= 0.6 is 23.3 Å². The minimum atomic E-state index is -1.32. The van der Waals surface area contributed by atoms with Gasteiger partial charge in [0.25, 0.3) is 11.8 Å². The van der Waals surface area contributed by atoms with Gasteiger partial charge in [0.05, 0.1) is 0 Å². The summed E-state index contributed by atoms with van der Waals surface area (Å²) in [6.07, 6.45) is 3.58. The number of nitrogens with zero attached hydrogens (tertiary/aromatic N) is 5. The highest BCUT2D eigenvalue weighted by Crippen LogP contribution is 2.40. The van der Waals surface area contributed by atoms with Gasteiger partial charge < -0.3 is 26.1 Å². The number of hydrogen-bond donors (Lipinski definition) is 4. The second-order valence-electron chi connectivity index (χ2n) is 7.23. The fraction of sp³-hybridized carbons (Fsp3) is 0.263. The zero-order chi connectivity index (χ0) is 25.1. The molecular weight excluding hydrogens is 502 g/mol. The Labute approximate surface area is 205 Å². The average molecular weight is 521 g/mol. The van der Waals surface area contributed by atoms with Gasteiger partial charge in [-0.15, -0.1) is 11.8 Å². The van der Waals surface area contributed by atoms with Crippen LogP contribution in [-0.4, -0.2) is 77.7 Å². The lowest BCUT2D eigenvalue weighted by Gasteiger charge is -2.49. The number of thioether (sulfide) groups is 1. The van der Waals surface area contributed by atoms with E-state index in [1.54, 1.807) is 17.0 Å². The average Bonchev–Trinajstić information content (AvgIpc) is 3.25. The molecule has 0 spiro atoms. The van der Waals surface area contributed by atoms with Gasteiger partial charge in [-0.1, -0.05) is 11.2 Å². The Balaban J connectivity index is 1.52. The highest BCUT2D eigenvalue weighted by Gasteiger charge is 2.54. The number of nitrogen functional groups attached to an aromatic ring is 1. The van der Waals surface area contributed by atoms with Crippen LogP contribution in [0.3, 0.4) is 0 Å². The third-order valence-electron chi connectivity index (χ3n) is 4.90. The fourth-order valence-electron chi connectivity index (χ4n) is 3.44. The normalized spacial score (nSPS) is 19.6. The molecule has 1 saturated heterocycles. The van der Waals surface area contributed by atoms with Gasteiger partial charge >= 0.3 is 11.9 Å². The molecule has 2 atom stereocenters. The minimum absolute atomic E-state index is 0.0347. The van der Waals surface area contributed by atoms with E-state index in [-0.39, 0.29) is 23.2 Å². The zero-order valence-electron chi connectivity index (χ0n) is 17.7. The van der Waals surface area contributed by atoms with Crippen LogP contribution in [0.1, 0.15) is 5.82 Å². The number of nitrogens with two attached hydrogens (primary N) is 1. The fourth-order valence-corrected chi connectivity index (χ4v) is 5.21. The van der Waals surface area contributed by atoms with Crippen molar-refractivity contribution >= 4 is 57.9 Å². The first-order valence-electron chi connectivity index (χ1n) is 9.92. The van der Waals surface area contributed by atoms with E-state index in [0.717, 1.165) is 16.4 Å². The van der Waals surface area contributed by atoms with E-state index >= 15 is 0 Å². The number of carbonyl (C=O) groups is 4. The Hall–Kier alpha value is -4.05. The third-order valence-corrected chi connectivity index (χ3v) is 6.78. The molecular formula is C19H18N7O7S2+. The predicted molar refractivity (Wildman–Crippen MR) is 121 cm³/mol. The standard InChI is InChI=1S/C19H17N7O7S2/c20-19-22-14(24-35-19)11(23-33-7-10(27)28)15(29)21-12-16(30)26-13(18(31)32)9(8-34-17(12)26)6-25-4-2-1-3-5-25/h1-5,12,17H,6-8H2,(H4-,20,21,22,24,27,28,29,31,32)/p+1/t12?,17-/m0/s1. The summed E-state index contributed by atoms with van der Waals surface area (Å²) in [6.45, 7) is -0.530. The summed E-state index contributed by atoms with van der Waals surface area (Å²) in [5.41, 5.74) is 5.52. The number of oxime groups is 1. The molecule has 2 aliphatic rings. The summed E-state index contributed by atoms with van der Waals surface area (Å²) in [5, 5.41) is 23.9. The summed E-state index contributed by atoms with van der Waals surface area (Å²) in [5.74, 6) is -3.95. The van der Waals surface area contributed by atoms with Crippen molar-refractivity contribution in [2.75, 3.05) is 18.1 Å². The molecule has 35 heavy (non-hydrogen) atoms. The van der Waals surface area contributed by atoms with Crippen molar-refractivity contribution < 1.29 is 38.8 Å². The first kappa shape index (κ1) is 24.1. The van der Waals surface area contributed by atoms with Crippen molar-refractivity contribution in [2.24, 2.45) is 5.16 Å². The first-order valence-corrected chi connectivity index (χ1v) is 11.7. The van der Waals surface area contributed by atoms with E-state index in [9.17, 15) is 24.3 Å². The van der Waals surface area contributed by atoms with Gasteiger partial charge in [0.2, 0.25) is 18.1 Å². The highest BCUT2D eigenvalue weighted by atomic mass is 32.2. The lowest BCUT2D eigenvalue weighted by atomic mass is 10.0. The molecule has 4 heterocycles. The molecule has 0 radical (unpaired) electrons. The second-order valence-corrected chi connectivity index (χ2v) is 9.12. The van der Waals surface area contributed by atoms with Gasteiger partial charge in [-0.05, 0) is 0 Å². The van der Waals surface area contributed by atoms with Gasteiger partial charge in [-0.25, -0.2) is 14.2 Å². The van der Waals surface area contributed by atoms with Crippen LogP contribution in [0, 0.1) is 0 Å². The zero-order valence-corrected chi connectivity index (χ0v) is 19.4. The van der Waals surface area contributed by atoms with Crippen molar-refractivity contribution in [3.8, 4) is 0 Å². The van der Waals surface area contributed by atoms with Crippen molar-refractivity contribution in [1.82, 2.24) is 19.6 Å². The lowest BCUT2D eigenvalue weighted by molar-refractivity contribution is -0.689. The molecule has 2 aromatic heterocycles. The molecule has 1 fully saturated rings. The van der Waals surface area contributed by atoms with Crippen LogP contribution in [0.15, 0.2) is 47.0 Å². The maximum atomic E-state index is 12.9. The minimum Gasteiger partial charge on any atom is -0.479 e. The summed E-state index contributed by atoms with van der Waals surface area (Å²) in [6, 6.07) is 4.41. The number of nitrogens with one attached hydrogen (secondary N) is 1. The SMILES string of the molecule is Nc1nc(C(=NOCC(=O)O)C(=O)NC2C(=O)N3C(C(=O)O)=C(C[n+]4ccccc4)CS[C@@H]23)ns1. The Morgan fingerprint density at radius 1 is 1.29 bits per heavy atom. The van der Waals surface area contributed by atoms with Crippen molar-refractivity contribution in [3.05, 3.63) is 47.7 Å². The van der Waals surface area contributed by atoms with Crippen molar-refractivity contribution in [1.29, 1.82) is 0 Å². The summed E-state index contributed by atoms with van der Waals surface area (Å²) in [7, 11) is 0. The quantitative estimate of drug-likeness (QED) is 0.132. The van der Waals surface area contributed by atoms with Crippen LogP contribution in [0.25, 0.3) is 0 Å². The molecule has 182 valence electrons. The number of anilines is 1. The Bertz CT molecular complexity index is 1250. The highest BCUT2D eigenvalue weighted by molar-refractivity contribution is 8.00. The molecule has 0 aromatic carbocycles.